The number of hydrogen-bond donors (Lipinski definition) is 3. The van der Waals surface area contributed by atoms with Crippen molar-refractivity contribution in [1.82, 2.24) is 4.72 Å². The van der Waals surface area contributed by atoms with E-state index in [2.05, 4.69) is 10.6 Å². The number of nitrogens with zero attached hydrogens (tertiary/aromatic N) is 1. The van der Waals surface area contributed by atoms with Crippen LogP contribution in [0.3, 0.4) is 0 Å². The molecule has 0 aromatic heterocycles. The summed E-state index contributed by atoms with van der Waals surface area (Å²) in [6, 6.07) is 10.4. The number of sulfonamides is 1. The van der Waals surface area contributed by atoms with Gasteiger partial charge in [-0.05, 0) is 111 Å². The third-order valence-electron chi connectivity index (χ3n) is 9.40. The van der Waals surface area contributed by atoms with Gasteiger partial charge in [-0.1, -0.05) is 0 Å². The average molecular weight is 569 g/mol. The largest absolute Gasteiger partial charge is 0.385 e. The van der Waals surface area contributed by atoms with E-state index in [0.29, 0.717) is 32.0 Å². The molecule has 5 aliphatic rings. The lowest BCUT2D eigenvalue weighted by Gasteiger charge is -2.54. The molecule has 1 aliphatic heterocycles. The Balaban J connectivity index is 1.08. The highest BCUT2D eigenvalue weighted by molar-refractivity contribution is 7.90. The molecule has 0 radical (unpaired) electrons. The highest BCUT2D eigenvalue weighted by atomic mass is 32.2. The van der Waals surface area contributed by atoms with Crippen molar-refractivity contribution in [2.75, 3.05) is 30.4 Å². The smallest absolute Gasteiger partial charge is 0.293 e. The minimum absolute atomic E-state index is 0.0000741. The molecule has 0 atom stereocenters. The molecule has 1 saturated heterocycles. The molecule has 4 aliphatic carbocycles. The summed E-state index contributed by atoms with van der Waals surface area (Å²) in [5, 5.41) is 18.4. The van der Waals surface area contributed by atoms with Gasteiger partial charge in [-0.2, -0.15) is 0 Å². The molecule has 5 fully saturated rings. The molecular weight excluding hydrogens is 532 g/mol. The van der Waals surface area contributed by atoms with Crippen LogP contribution in [-0.2, 0) is 14.8 Å². The van der Waals surface area contributed by atoms with E-state index in [1.165, 1.54) is 44.2 Å². The van der Waals surface area contributed by atoms with Gasteiger partial charge in [0.05, 0.1) is 9.82 Å². The van der Waals surface area contributed by atoms with Gasteiger partial charge in [0, 0.05) is 43.1 Å². The van der Waals surface area contributed by atoms with Gasteiger partial charge in [0.25, 0.3) is 21.6 Å². The molecule has 214 valence electrons. The minimum Gasteiger partial charge on any atom is -0.385 e. The lowest BCUT2D eigenvalue weighted by molar-refractivity contribution is -0.384. The number of benzene rings is 2. The number of carbonyl (C=O) groups is 1. The SMILES string of the molecule is O=C(NS(=O)(=O)c1ccc(NC2CCOCC2)c([N+](=O)[O-])c1)c1ccc(NCC2C3CC4CC(C3)CC2C4)cc1. The number of ether oxygens (including phenoxy) is 1. The second-order valence-electron chi connectivity index (χ2n) is 12.0. The predicted molar refractivity (Wildman–Crippen MR) is 151 cm³/mol. The number of nitrogens with one attached hydrogen (secondary N) is 3. The number of anilines is 2. The minimum atomic E-state index is -4.33. The summed E-state index contributed by atoms with van der Waals surface area (Å²) in [6.45, 7) is 2.04. The van der Waals surface area contributed by atoms with Gasteiger partial charge in [0.2, 0.25) is 0 Å². The van der Waals surface area contributed by atoms with E-state index in [-0.39, 0.29) is 27.9 Å². The Hall–Kier alpha value is -3.18. The molecule has 4 saturated carbocycles. The monoisotopic (exact) mass is 568 g/mol. The number of carbonyl (C=O) groups excluding carboxylic acids is 1. The third kappa shape index (κ3) is 5.67. The fraction of sp³-hybridized carbons (Fsp3) is 0.552. The third-order valence-corrected chi connectivity index (χ3v) is 10.7. The van der Waals surface area contributed by atoms with Crippen molar-refractivity contribution < 1.29 is 22.9 Å². The highest BCUT2D eigenvalue weighted by Crippen LogP contribution is 2.56. The molecule has 11 heteroatoms. The van der Waals surface area contributed by atoms with E-state index in [1.54, 1.807) is 24.3 Å². The van der Waals surface area contributed by atoms with E-state index in [1.807, 2.05) is 4.72 Å². The fourth-order valence-electron chi connectivity index (χ4n) is 7.60. The Morgan fingerprint density at radius 3 is 2.23 bits per heavy atom. The average Bonchev–Trinajstić information content (AvgIpc) is 2.93. The molecule has 3 N–H and O–H groups in total. The van der Waals surface area contributed by atoms with Gasteiger partial charge in [-0.15, -0.1) is 0 Å². The van der Waals surface area contributed by atoms with Crippen molar-refractivity contribution in [3.05, 3.63) is 58.1 Å². The van der Waals surface area contributed by atoms with Crippen LogP contribution in [0.2, 0.25) is 0 Å². The molecule has 2 aromatic rings. The second-order valence-corrected chi connectivity index (χ2v) is 13.6. The molecule has 7 rings (SSSR count). The Morgan fingerprint density at radius 2 is 1.60 bits per heavy atom. The zero-order chi connectivity index (χ0) is 27.9. The molecule has 10 nitrogen and oxygen atoms in total. The van der Waals surface area contributed by atoms with Crippen molar-refractivity contribution in [2.45, 2.75) is 55.9 Å². The van der Waals surface area contributed by atoms with Crippen LogP contribution in [0.25, 0.3) is 0 Å². The molecule has 0 unspecified atom stereocenters. The van der Waals surface area contributed by atoms with E-state index in [9.17, 15) is 23.3 Å². The highest BCUT2D eigenvalue weighted by Gasteiger charge is 2.47. The summed E-state index contributed by atoms with van der Waals surface area (Å²) in [7, 11) is -4.33. The number of nitro benzene ring substituents is 1. The number of nitro groups is 1. The van der Waals surface area contributed by atoms with Crippen LogP contribution in [-0.4, -0.2) is 45.0 Å². The molecule has 1 heterocycles. The van der Waals surface area contributed by atoms with Gasteiger partial charge < -0.3 is 15.4 Å². The van der Waals surface area contributed by atoms with Crippen LogP contribution in [0.15, 0.2) is 47.4 Å². The van der Waals surface area contributed by atoms with E-state index in [0.717, 1.165) is 42.0 Å². The fourth-order valence-corrected chi connectivity index (χ4v) is 8.59. The number of hydrogen-bond acceptors (Lipinski definition) is 8. The summed E-state index contributed by atoms with van der Waals surface area (Å²) in [6.07, 6.45) is 8.30. The van der Waals surface area contributed by atoms with Crippen molar-refractivity contribution in [1.29, 1.82) is 0 Å². The summed E-state index contributed by atoms with van der Waals surface area (Å²) in [4.78, 5) is 23.5. The predicted octanol–water partition coefficient (Wildman–Crippen LogP) is 4.79. The van der Waals surface area contributed by atoms with Gasteiger partial charge >= 0.3 is 0 Å². The lowest BCUT2D eigenvalue weighted by Crippen LogP contribution is -2.47. The number of amides is 1. The molecule has 4 bridgehead atoms. The van der Waals surface area contributed by atoms with Gasteiger partial charge in [0.15, 0.2) is 0 Å². The first kappa shape index (κ1) is 27.0. The molecule has 1 amide bonds. The van der Waals surface area contributed by atoms with Crippen LogP contribution in [0.1, 0.15) is 55.3 Å². The van der Waals surface area contributed by atoms with Gasteiger partial charge in [-0.3, -0.25) is 14.9 Å². The molecular formula is C29H36N4O6S. The van der Waals surface area contributed by atoms with Crippen LogP contribution in [0, 0.1) is 39.7 Å². The Bertz CT molecular complexity index is 1350. The molecule has 2 aromatic carbocycles. The first-order valence-corrected chi connectivity index (χ1v) is 15.8. The maximum Gasteiger partial charge on any atom is 0.293 e. The summed E-state index contributed by atoms with van der Waals surface area (Å²) >= 11 is 0. The zero-order valence-electron chi connectivity index (χ0n) is 22.4. The van der Waals surface area contributed by atoms with Gasteiger partial charge in [-0.25, -0.2) is 13.1 Å². The van der Waals surface area contributed by atoms with Crippen LogP contribution >= 0.6 is 0 Å². The van der Waals surface area contributed by atoms with Crippen molar-refractivity contribution in [2.24, 2.45) is 29.6 Å². The zero-order valence-corrected chi connectivity index (χ0v) is 23.2. The van der Waals surface area contributed by atoms with E-state index < -0.39 is 20.9 Å². The Labute approximate surface area is 234 Å². The van der Waals surface area contributed by atoms with Crippen molar-refractivity contribution in [3.8, 4) is 0 Å². The van der Waals surface area contributed by atoms with Crippen LogP contribution < -0.4 is 15.4 Å². The summed E-state index contributed by atoms with van der Waals surface area (Å²) < 4.78 is 33.3. The molecule has 0 spiro atoms. The van der Waals surface area contributed by atoms with E-state index >= 15 is 0 Å². The topological polar surface area (TPSA) is 140 Å². The van der Waals surface area contributed by atoms with Crippen molar-refractivity contribution in [3.63, 3.8) is 0 Å². The maximum absolute atomic E-state index is 13.0. The van der Waals surface area contributed by atoms with E-state index in [4.69, 9.17) is 4.74 Å². The first-order valence-electron chi connectivity index (χ1n) is 14.3. The molecule has 40 heavy (non-hydrogen) atoms. The standard InChI is InChI=1S/C29H36N4O6S/c34-29(20-1-3-23(4-2-20)30-17-26-21-12-18-11-19(14-21)15-22(26)13-18)32-40(37,38)25-5-6-27(28(16-25)33(35)36)31-24-7-9-39-10-8-24/h1-6,16,18-19,21-22,24,26,30-31H,7-15,17H2,(H,32,34). The first-order chi connectivity index (χ1) is 19.2. The summed E-state index contributed by atoms with van der Waals surface area (Å²) in [5.41, 5.74) is 0.961. The maximum atomic E-state index is 13.0. The second kappa shape index (κ2) is 11.0. The number of rotatable bonds is 9. The normalized spacial score (nSPS) is 27.8. The Kier molecular flexibility index (Phi) is 7.43. The van der Waals surface area contributed by atoms with Crippen molar-refractivity contribution >= 4 is 33.0 Å². The van der Waals surface area contributed by atoms with Crippen LogP contribution in [0.4, 0.5) is 17.1 Å². The Morgan fingerprint density at radius 1 is 0.950 bits per heavy atom. The lowest BCUT2D eigenvalue weighted by atomic mass is 9.52. The summed E-state index contributed by atoms with van der Waals surface area (Å²) in [5.74, 6) is 3.42. The van der Waals surface area contributed by atoms with Crippen LogP contribution in [0.5, 0.6) is 0 Å². The quantitative estimate of drug-likeness (QED) is 0.290. The van der Waals surface area contributed by atoms with Gasteiger partial charge in [0.1, 0.15) is 5.69 Å².